The first-order chi connectivity index (χ1) is 16.7. The van der Waals surface area contributed by atoms with Gasteiger partial charge >= 0.3 is 35.0 Å². The molecule has 2 unspecified atom stereocenters. The van der Waals surface area contributed by atoms with Crippen LogP contribution < -0.4 is 0 Å². The van der Waals surface area contributed by atoms with Gasteiger partial charge in [0.2, 0.25) is 0 Å². The molecule has 0 aliphatic heterocycles. The van der Waals surface area contributed by atoms with Crippen molar-refractivity contribution in [2.45, 2.75) is 26.1 Å². The Morgan fingerprint density at radius 3 is 1.24 bits per heavy atom. The fourth-order valence-electron chi connectivity index (χ4n) is 1.82. The third-order valence-electron chi connectivity index (χ3n) is 3.37. The third-order valence-corrected chi connectivity index (χ3v) is 4.71. The van der Waals surface area contributed by atoms with Gasteiger partial charge in [0, 0.05) is 12.2 Å². The van der Waals surface area contributed by atoms with E-state index in [1.807, 2.05) is 0 Å². The Morgan fingerprint density at radius 2 is 0.973 bits per heavy atom. The van der Waals surface area contributed by atoms with Gasteiger partial charge in [-0.05, 0) is 13.8 Å². The van der Waals surface area contributed by atoms with Crippen LogP contribution in [0.15, 0.2) is 25.3 Å². The van der Waals surface area contributed by atoms with E-state index in [1.165, 1.54) is 0 Å². The van der Waals surface area contributed by atoms with Gasteiger partial charge in [0.05, 0.1) is 84.6 Å². The minimum atomic E-state index is -4.23. The van der Waals surface area contributed by atoms with Crippen LogP contribution in [0.1, 0.15) is 13.8 Å². The Hall–Kier alpha value is -1.15. The molecular weight excluding hydrogens is 553 g/mol. The molecule has 17 heteroatoms. The Labute approximate surface area is 234 Å². The largest absolute Gasteiger partial charge is 2.00 e. The van der Waals surface area contributed by atoms with E-state index in [2.05, 4.69) is 13.2 Å². The number of hydrogen-bond donors (Lipinski definition) is 0. The van der Waals surface area contributed by atoms with Crippen molar-refractivity contribution in [3.8, 4) is 0 Å². The van der Waals surface area contributed by atoms with Gasteiger partial charge in [-0.2, -0.15) is 0 Å². The molecule has 14 nitrogen and oxygen atoms in total. The number of esters is 2. The van der Waals surface area contributed by atoms with Crippen molar-refractivity contribution >= 4 is 55.2 Å². The number of ether oxygens (including phenoxy) is 6. The molecule has 0 aliphatic carbocycles. The van der Waals surface area contributed by atoms with Crippen LogP contribution in [0.25, 0.3) is 0 Å². The summed E-state index contributed by atoms with van der Waals surface area (Å²) in [6.45, 7) is 10.7. The average molecular weight is 587 g/mol. The van der Waals surface area contributed by atoms with E-state index in [0.717, 1.165) is 12.2 Å². The molecule has 0 N–H and O–H groups in total. The van der Waals surface area contributed by atoms with Crippen LogP contribution in [0.3, 0.4) is 0 Å². The first-order valence-corrected chi connectivity index (χ1v) is 13.7. The summed E-state index contributed by atoms with van der Waals surface area (Å²) in [5, 5.41) is 0. The van der Waals surface area contributed by atoms with Crippen molar-refractivity contribution < 1.29 is 64.0 Å². The normalized spacial score (nSPS) is 12.6. The smallest absolute Gasteiger partial charge is 0.748 e. The Balaban J connectivity index is -0.000000608. The summed E-state index contributed by atoms with van der Waals surface area (Å²) in [4.78, 5) is 21.6. The van der Waals surface area contributed by atoms with E-state index in [0.29, 0.717) is 0 Å². The second-order valence-electron chi connectivity index (χ2n) is 6.80. The molecule has 37 heavy (non-hydrogen) atoms. The molecule has 0 saturated heterocycles. The molecule has 0 spiro atoms. The van der Waals surface area contributed by atoms with Gasteiger partial charge in [-0.1, -0.05) is 13.2 Å². The Morgan fingerprint density at radius 1 is 0.676 bits per heavy atom. The van der Waals surface area contributed by atoms with Crippen LogP contribution in [-0.4, -0.2) is 138 Å². The van der Waals surface area contributed by atoms with Crippen LogP contribution in [-0.2, 0) is 58.2 Å². The van der Waals surface area contributed by atoms with Crippen LogP contribution in [0.4, 0.5) is 0 Å². The molecule has 0 saturated carbocycles. The molecule has 0 aromatic rings. The quantitative estimate of drug-likeness (QED) is 0.0551. The first-order valence-electron chi connectivity index (χ1n) is 10.5. The van der Waals surface area contributed by atoms with Crippen molar-refractivity contribution in [1.29, 1.82) is 0 Å². The number of rotatable bonds is 20. The van der Waals surface area contributed by atoms with Gasteiger partial charge in [-0.3, -0.25) is 0 Å². The van der Waals surface area contributed by atoms with Crippen LogP contribution in [0.5, 0.6) is 0 Å². The summed E-state index contributed by atoms with van der Waals surface area (Å²) < 4.78 is 90.9. The predicted octanol–water partition coefficient (Wildman–Crippen LogP) is -1.02. The van der Waals surface area contributed by atoms with E-state index in [-0.39, 0.29) is 75.9 Å². The summed E-state index contributed by atoms with van der Waals surface area (Å²) in [5.74, 6) is -2.16. The van der Waals surface area contributed by atoms with Crippen LogP contribution in [0.2, 0.25) is 0 Å². The Bertz CT molecular complexity index is 775. The second kappa shape index (κ2) is 23.9. The van der Waals surface area contributed by atoms with Crippen molar-refractivity contribution in [3.05, 3.63) is 25.3 Å². The molecule has 0 fully saturated rings. The zero-order chi connectivity index (χ0) is 28.0. The average Bonchev–Trinajstić information content (AvgIpc) is 2.76. The molecule has 0 aromatic carbocycles. The topological polar surface area (TPSA) is 204 Å². The molecule has 0 amide bonds. The second-order valence-corrected chi connectivity index (χ2v) is 9.85. The number of hydrogen-bond acceptors (Lipinski definition) is 14. The van der Waals surface area contributed by atoms with E-state index in [1.54, 1.807) is 13.8 Å². The SMILES string of the molecule is C=CC(=O)OC(C)COCCOCCS(=O)(=O)[O-].C=CC(=O)OC(C)COCCOCCS(=O)(=O)[O-].[Mg+2]. The van der Waals surface area contributed by atoms with E-state index < -0.39 is 55.9 Å². The molecule has 0 radical (unpaired) electrons. The fraction of sp³-hybridized carbons (Fsp3) is 0.700. The predicted molar refractivity (Wildman–Crippen MR) is 130 cm³/mol. The Kier molecular flexibility index (Phi) is 26.1. The van der Waals surface area contributed by atoms with E-state index in [4.69, 9.17) is 28.4 Å². The van der Waals surface area contributed by atoms with Gasteiger partial charge in [-0.15, -0.1) is 0 Å². The minimum absolute atomic E-state index is 0. The maximum absolute atomic E-state index is 10.8. The molecule has 0 heterocycles. The van der Waals surface area contributed by atoms with E-state index >= 15 is 0 Å². The first kappa shape index (κ1) is 40.3. The third kappa shape index (κ3) is 34.8. The van der Waals surface area contributed by atoms with Crippen molar-refractivity contribution in [1.82, 2.24) is 0 Å². The number of carbonyl (C=O) groups is 2. The van der Waals surface area contributed by atoms with Gasteiger partial charge in [0.15, 0.2) is 0 Å². The summed E-state index contributed by atoms with van der Waals surface area (Å²) in [6, 6.07) is 0. The van der Waals surface area contributed by atoms with Crippen molar-refractivity contribution in [2.75, 3.05) is 64.4 Å². The summed E-state index contributed by atoms with van der Waals surface area (Å²) >= 11 is 0. The van der Waals surface area contributed by atoms with E-state index in [9.17, 15) is 35.5 Å². The maximum atomic E-state index is 10.8. The molecular formula is C20H34MgO14S2. The molecule has 212 valence electrons. The zero-order valence-corrected chi connectivity index (χ0v) is 24.1. The molecule has 0 bridgehead atoms. The molecule has 2 atom stereocenters. The van der Waals surface area contributed by atoms with Crippen molar-refractivity contribution in [2.24, 2.45) is 0 Å². The summed E-state index contributed by atoms with van der Waals surface area (Å²) in [5.41, 5.74) is 0. The molecule has 0 aliphatic rings. The maximum Gasteiger partial charge on any atom is 2.00 e. The monoisotopic (exact) mass is 586 g/mol. The molecule has 0 aromatic heterocycles. The van der Waals surface area contributed by atoms with Gasteiger partial charge in [0.25, 0.3) is 0 Å². The summed E-state index contributed by atoms with van der Waals surface area (Å²) in [6.07, 6.45) is 1.31. The number of carbonyl (C=O) groups excluding carboxylic acids is 2. The van der Waals surface area contributed by atoms with Crippen LogP contribution in [0, 0.1) is 0 Å². The van der Waals surface area contributed by atoms with Crippen LogP contribution >= 0.6 is 0 Å². The summed E-state index contributed by atoms with van der Waals surface area (Å²) in [7, 11) is -8.46. The van der Waals surface area contributed by atoms with Crippen molar-refractivity contribution in [3.63, 3.8) is 0 Å². The molecule has 0 rings (SSSR count). The van der Waals surface area contributed by atoms with Gasteiger partial charge < -0.3 is 37.5 Å². The fourth-order valence-corrected chi connectivity index (χ4v) is 2.47. The van der Waals surface area contributed by atoms with Gasteiger partial charge in [-0.25, -0.2) is 26.4 Å². The zero-order valence-electron chi connectivity index (χ0n) is 21.0. The standard InChI is InChI=1S/2C10H18O7S.Mg/c2*1-3-10(11)17-9(2)8-16-5-4-15-6-7-18(12,13)14;/h2*3,9H,1,4-8H2,2H3,(H,12,13,14);/q;;+2/p-2. The minimum Gasteiger partial charge on any atom is -0.748 e. The van der Waals surface area contributed by atoms with Gasteiger partial charge in [0.1, 0.15) is 12.2 Å².